The summed E-state index contributed by atoms with van der Waals surface area (Å²) >= 11 is 0. The molecule has 0 bridgehead atoms. The molecule has 0 heterocycles. The highest BCUT2D eigenvalue weighted by atomic mass is 32.2. The molecule has 0 saturated heterocycles. The van der Waals surface area contributed by atoms with Crippen molar-refractivity contribution >= 4 is 16.1 Å². The average molecular weight is 266 g/mol. The summed E-state index contributed by atoms with van der Waals surface area (Å²) in [6, 6.07) is 0. The Morgan fingerprint density at radius 1 is 1.29 bits per heavy atom. The Kier molecular flexibility index (Phi) is 7.77. The second-order valence-corrected chi connectivity index (χ2v) is 5.19. The lowest BCUT2D eigenvalue weighted by atomic mass is 10.3. The molecule has 0 atom stereocenters. The molecule has 0 rings (SSSR count). The smallest absolute Gasteiger partial charge is 0.333 e. The molecule has 7 heteroatoms. The van der Waals surface area contributed by atoms with Gasteiger partial charge in [0, 0.05) is 5.57 Å². The molecule has 0 aromatic heterocycles. The van der Waals surface area contributed by atoms with Gasteiger partial charge in [-0.3, -0.25) is 4.18 Å². The van der Waals surface area contributed by atoms with Crippen molar-refractivity contribution in [3.63, 3.8) is 0 Å². The normalized spacial score (nSPS) is 11.2. The maximum absolute atomic E-state index is 11.1. The van der Waals surface area contributed by atoms with Gasteiger partial charge in [-0.05, 0) is 19.8 Å². The third-order valence-corrected chi connectivity index (χ3v) is 3.04. The third kappa shape index (κ3) is 8.84. The number of ether oxygens (including phenoxy) is 1. The van der Waals surface area contributed by atoms with Gasteiger partial charge < -0.3 is 9.84 Å². The summed E-state index contributed by atoms with van der Waals surface area (Å²) < 4.78 is 31.5. The van der Waals surface area contributed by atoms with Crippen molar-refractivity contribution in [3.8, 4) is 0 Å². The van der Waals surface area contributed by atoms with E-state index in [2.05, 4.69) is 10.8 Å². The van der Waals surface area contributed by atoms with Crippen molar-refractivity contribution in [3.05, 3.63) is 12.2 Å². The molecular formula is C10H18O6S. The highest BCUT2D eigenvalue weighted by Gasteiger charge is 2.10. The summed E-state index contributed by atoms with van der Waals surface area (Å²) in [4.78, 5) is 11.0. The van der Waals surface area contributed by atoms with Crippen LogP contribution in [0, 0.1) is 0 Å². The maximum atomic E-state index is 11.1. The van der Waals surface area contributed by atoms with Gasteiger partial charge in [0.2, 0.25) is 0 Å². The highest BCUT2D eigenvalue weighted by Crippen LogP contribution is 2.01. The molecule has 17 heavy (non-hydrogen) atoms. The van der Waals surface area contributed by atoms with E-state index in [9.17, 15) is 13.2 Å². The molecule has 0 spiro atoms. The van der Waals surface area contributed by atoms with Gasteiger partial charge in [0.05, 0.1) is 25.6 Å². The molecule has 0 aliphatic heterocycles. The molecule has 0 radical (unpaired) electrons. The van der Waals surface area contributed by atoms with E-state index in [1.54, 1.807) is 0 Å². The molecule has 0 amide bonds. The number of aliphatic hydroxyl groups is 1. The Balaban J connectivity index is 3.64. The first-order valence-corrected chi connectivity index (χ1v) is 6.77. The van der Waals surface area contributed by atoms with Crippen LogP contribution >= 0.6 is 0 Å². The number of rotatable bonds is 9. The minimum atomic E-state index is -3.58. The van der Waals surface area contributed by atoms with E-state index < -0.39 is 16.1 Å². The van der Waals surface area contributed by atoms with Crippen LogP contribution in [0.1, 0.15) is 19.8 Å². The van der Waals surface area contributed by atoms with Crippen molar-refractivity contribution in [1.82, 2.24) is 0 Å². The summed E-state index contributed by atoms with van der Waals surface area (Å²) in [5.41, 5.74) is 0.309. The minimum Gasteiger partial charge on any atom is -0.462 e. The van der Waals surface area contributed by atoms with Crippen LogP contribution in [-0.4, -0.2) is 45.1 Å². The van der Waals surface area contributed by atoms with Gasteiger partial charge in [-0.25, -0.2) is 4.79 Å². The van der Waals surface area contributed by atoms with Crippen molar-refractivity contribution in [2.75, 3.05) is 25.6 Å². The van der Waals surface area contributed by atoms with E-state index in [0.717, 1.165) is 0 Å². The molecule has 0 fully saturated rings. The standard InChI is InChI=1S/C10H18O6S/c1-9(2)10(12)15-6-3-4-8-17(13,14)16-7-5-11/h11H,1,3-8H2,2H3. The van der Waals surface area contributed by atoms with E-state index in [0.29, 0.717) is 18.4 Å². The van der Waals surface area contributed by atoms with Crippen LogP contribution in [0.2, 0.25) is 0 Å². The van der Waals surface area contributed by atoms with Crippen molar-refractivity contribution in [1.29, 1.82) is 0 Å². The van der Waals surface area contributed by atoms with Crippen molar-refractivity contribution in [2.45, 2.75) is 19.8 Å². The van der Waals surface area contributed by atoms with Gasteiger partial charge >= 0.3 is 5.97 Å². The Labute approximate surface area is 101 Å². The van der Waals surface area contributed by atoms with Crippen molar-refractivity contribution < 1.29 is 27.2 Å². The van der Waals surface area contributed by atoms with Crippen LogP contribution in [0.4, 0.5) is 0 Å². The Morgan fingerprint density at radius 3 is 2.47 bits per heavy atom. The molecule has 0 saturated carbocycles. The quantitative estimate of drug-likeness (QED) is 0.278. The zero-order valence-electron chi connectivity index (χ0n) is 9.85. The van der Waals surface area contributed by atoms with Crippen LogP contribution < -0.4 is 0 Å². The summed E-state index contributed by atoms with van der Waals surface area (Å²) in [6.07, 6.45) is 0.762. The SMILES string of the molecule is C=C(C)C(=O)OCCCCS(=O)(=O)OCCO. The van der Waals surface area contributed by atoms with E-state index in [1.165, 1.54) is 6.92 Å². The van der Waals surface area contributed by atoms with Gasteiger partial charge in [-0.2, -0.15) is 8.42 Å². The monoisotopic (exact) mass is 266 g/mol. The van der Waals surface area contributed by atoms with E-state index in [-0.39, 0.29) is 25.6 Å². The van der Waals surface area contributed by atoms with Crippen molar-refractivity contribution in [2.24, 2.45) is 0 Å². The van der Waals surface area contributed by atoms with Gasteiger partial charge in [-0.1, -0.05) is 6.58 Å². The Hall–Kier alpha value is -0.920. The highest BCUT2D eigenvalue weighted by molar-refractivity contribution is 7.86. The van der Waals surface area contributed by atoms with Crippen LogP contribution in [0.25, 0.3) is 0 Å². The number of hydrogen-bond donors (Lipinski definition) is 1. The predicted octanol–water partition coefficient (Wildman–Crippen LogP) is 0.225. The van der Waals surface area contributed by atoms with Crippen LogP contribution in [-0.2, 0) is 23.8 Å². The number of carbonyl (C=O) groups is 1. The fourth-order valence-corrected chi connectivity index (χ4v) is 1.90. The predicted molar refractivity (Wildman–Crippen MR) is 61.8 cm³/mol. The van der Waals surface area contributed by atoms with E-state index >= 15 is 0 Å². The van der Waals surface area contributed by atoms with Crippen LogP contribution in [0.3, 0.4) is 0 Å². The fourth-order valence-electron chi connectivity index (χ4n) is 0.892. The molecule has 0 aromatic rings. The summed E-state index contributed by atoms with van der Waals surface area (Å²) in [5.74, 6) is -0.637. The Bertz CT molecular complexity index is 346. The second kappa shape index (κ2) is 8.21. The van der Waals surface area contributed by atoms with Crippen LogP contribution in [0.5, 0.6) is 0 Å². The lowest BCUT2D eigenvalue weighted by Gasteiger charge is -2.05. The van der Waals surface area contributed by atoms with Gasteiger partial charge in [0.1, 0.15) is 0 Å². The summed E-state index contributed by atoms with van der Waals surface area (Å²) in [5, 5.41) is 8.40. The number of unbranched alkanes of at least 4 members (excludes halogenated alkanes) is 1. The first kappa shape index (κ1) is 16.1. The third-order valence-electron chi connectivity index (χ3n) is 1.72. The second-order valence-electron chi connectivity index (χ2n) is 3.43. The average Bonchev–Trinajstić information content (AvgIpc) is 2.25. The molecule has 1 N–H and O–H groups in total. The van der Waals surface area contributed by atoms with Gasteiger partial charge in [0.15, 0.2) is 0 Å². The Morgan fingerprint density at radius 2 is 1.94 bits per heavy atom. The van der Waals surface area contributed by atoms with E-state index in [1.807, 2.05) is 0 Å². The topological polar surface area (TPSA) is 89.9 Å². The summed E-state index contributed by atoms with van der Waals surface area (Å²) in [6.45, 7) is 4.54. The lowest BCUT2D eigenvalue weighted by Crippen LogP contribution is -2.14. The molecular weight excluding hydrogens is 248 g/mol. The van der Waals surface area contributed by atoms with E-state index in [4.69, 9.17) is 9.84 Å². The summed E-state index contributed by atoms with van der Waals surface area (Å²) in [7, 11) is -3.58. The molecule has 100 valence electrons. The maximum Gasteiger partial charge on any atom is 0.333 e. The van der Waals surface area contributed by atoms with Crippen LogP contribution in [0.15, 0.2) is 12.2 Å². The number of esters is 1. The fraction of sp³-hybridized carbons (Fsp3) is 0.700. The molecule has 0 aliphatic rings. The molecule has 0 unspecified atom stereocenters. The number of aliphatic hydroxyl groups excluding tert-OH is 1. The number of hydrogen-bond acceptors (Lipinski definition) is 6. The molecule has 0 aromatic carbocycles. The lowest BCUT2D eigenvalue weighted by molar-refractivity contribution is -0.139. The largest absolute Gasteiger partial charge is 0.462 e. The number of carbonyl (C=O) groups excluding carboxylic acids is 1. The zero-order chi connectivity index (χ0) is 13.3. The zero-order valence-corrected chi connectivity index (χ0v) is 10.7. The first-order chi connectivity index (χ1) is 7.89. The van der Waals surface area contributed by atoms with Gasteiger partial charge in [0.25, 0.3) is 10.1 Å². The first-order valence-electron chi connectivity index (χ1n) is 5.19. The van der Waals surface area contributed by atoms with Gasteiger partial charge in [-0.15, -0.1) is 0 Å². The molecule has 0 aliphatic carbocycles. The minimum absolute atomic E-state index is 0.154. The molecule has 6 nitrogen and oxygen atoms in total.